The van der Waals surface area contributed by atoms with Crippen LogP contribution in [0.4, 0.5) is 17.1 Å². The second-order valence-electron chi connectivity index (χ2n) is 16.4. The third-order valence-corrected chi connectivity index (χ3v) is 13.4. The second-order valence-corrected chi connectivity index (χ2v) is 16.4. The first-order valence-corrected chi connectivity index (χ1v) is 20.9. The summed E-state index contributed by atoms with van der Waals surface area (Å²) in [5.41, 5.74) is 15.9. The Bertz CT molecular complexity index is 3470. The van der Waals surface area contributed by atoms with Crippen LogP contribution in [0.15, 0.2) is 224 Å². The molecule has 0 fully saturated rings. The van der Waals surface area contributed by atoms with Crippen molar-refractivity contribution in [2.45, 2.75) is 5.41 Å². The summed E-state index contributed by atoms with van der Waals surface area (Å²) in [6.45, 7) is 0. The summed E-state index contributed by atoms with van der Waals surface area (Å²) in [4.78, 5) is 2.53. The SMILES string of the molecule is c1cc(-c2ccc3ccccc3c2)cc(N(c2ccc3c(c2)C2(c4ccccc4-c4ccccc42)c2ccccc2-3)c2cccc3c4ccccc4c4ccccc4c23)c1. The first kappa shape index (κ1) is 33.3. The number of hydrogen-bond acceptors (Lipinski definition) is 1. The molecule has 60 heavy (non-hydrogen) atoms. The minimum Gasteiger partial charge on any atom is -0.310 e. The van der Waals surface area contributed by atoms with Crippen molar-refractivity contribution in [3.8, 4) is 33.4 Å². The summed E-state index contributed by atoms with van der Waals surface area (Å²) in [6.07, 6.45) is 0. The number of anilines is 3. The van der Waals surface area contributed by atoms with E-state index in [1.807, 2.05) is 0 Å². The van der Waals surface area contributed by atoms with E-state index < -0.39 is 5.41 Å². The first-order chi connectivity index (χ1) is 29.8. The molecule has 0 N–H and O–H groups in total. The van der Waals surface area contributed by atoms with Gasteiger partial charge in [-0.25, -0.2) is 0 Å². The van der Waals surface area contributed by atoms with Gasteiger partial charge < -0.3 is 4.90 Å². The maximum atomic E-state index is 2.53. The Labute approximate surface area is 349 Å². The Kier molecular flexibility index (Phi) is 7.00. The predicted molar refractivity (Wildman–Crippen MR) is 253 cm³/mol. The Balaban J connectivity index is 1.12. The molecule has 11 aromatic carbocycles. The molecule has 1 heteroatoms. The standard InChI is InChI=1S/C59H37N/c1-2-16-39-35-41(32-31-38(39)15-1)40-17-13-18-42(36-40)60(57-30-14-26-52-46-20-4-3-19-44(46)45-21-5-6-25-51(45)58(52)57)43-33-34-50-49-24-9-12-29-55(49)59(56(50)37-43)53-27-10-7-22-47(53)48-23-8-11-28-54(48)59/h1-37H. The van der Waals surface area contributed by atoms with Gasteiger partial charge >= 0.3 is 0 Å². The van der Waals surface area contributed by atoms with Crippen LogP contribution >= 0.6 is 0 Å². The van der Waals surface area contributed by atoms with Gasteiger partial charge in [0.15, 0.2) is 0 Å². The molecule has 2 aliphatic rings. The molecule has 1 nitrogen and oxygen atoms in total. The largest absolute Gasteiger partial charge is 0.310 e. The molecule has 0 bridgehead atoms. The van der Waals surface area contributed by atoms with Crippen LogP contribution in [-0.2, 0) is 5.41 Å². The van der Waals surface area contributed by atoms with Crippen molar-refractivity contribution in [2.75, 3.05) is 4.90 Å². The van der Waals surface area contributed by atoms with Gasteiger partial charge in [0.25, 0.3) is 0 Å². The van der Waals surface area contributed by atoms with Crippen LogP contribution in [0.2, 0.25) is 0 Å². The van der Waals surface area contributed by atoms with E-state index in [0.717, 1.165) is 17.1 Å². The molecular weight excluding hydrogens is 723 g/mol. The number of hydrogen-bond donors (Lipinski definition) is 0. The van der Waals surface area contributed by atoms with E-state index in [-0.39, 0.29) is 0 Å². The Morgan fingerprint density at radius 2 is 0.767 bits per heavy atom. The maximum Gasteiger partial charge on any atom is 0.0726 e. The predicted octanol–water partition coefficient (Wildman–Crippen LogP) is 15.8. The fourth-order valence-corrected chi connectivity index (χ4v) is 11.0. The minimum absolute atomic E-state index is 0.449. The summed E-state index contributed by atoms with van der Waals surface area (Å²) in [7, 11) is 0. The normalized spacial score (nSPS) is 13.1. The maximum absolute atomic E-state index is 2.53. The van der Waals surface area contributed by atoms with Crippen molar-refractivity contribution in [1.29, 1.82) is 0 Å². The zero-order valence-corrected chi connectivity index (χ0v) is 32.8. The zero-order chi connectivity index (χ0) is 39.4. The van der Waals surface area contributed by atoms with Crippen molar-refractivity contribution >= 4 is 60.2 Å². The molecule has 0 saturated carbocycles. The molecule has 1 spiro atoms. The zero-order valence-electron chi connectivity index (χ0n) is 32.8. The summed E-state index contributed by atoms with van der Waals surface area (Å²) in [6, 6.07) is 83.8. The van der Waals surface area contributed by atoms with Crippen molar-refractivity contribution < 1.29 is 0 Å². The average Bonchev–Trinajstić information content (AvgIpc) is 3.79. The third-order valence-electron chi connectivity index (χ3n) is 13.4. The molecule has 278 valence electrons. The number of fused-ring (bicyclic) bond motifs is 17. The molecule has 0 heterocycles. The van der Waals surface area contributed by atoms with Gasteiger partial charge in [0.1, 0.15) is 0 Å². The fraction of sp³-hybridized carbons (Fsp3) is 0.0169. The molecule has 0 unspecified atom stereocenters. The molecule has 13 rings (SSSR count). The van der Waals surface area contributed by atoms with E-state index in [0.29, 0.717) is 0 Å². The molecule has 0 aliphatic heterocycles. The van der Waals surface area contributed by atoms with Crippen molar-refractivity contribution in [2.24, 2.45) is 0 Å². The summed E-state index contributed by atoms with van der Waals surface area (Å²) in [5, 5.41) is 10.0. The Hall–Kier alpha value is -7.74. The second kappa shape index (κ2) is 12.6. The van der Waals surface area contributed by atoms with E-state index in [9.17, 15) is 0 Å². The topological polar surface area (TPSA) is 3.24 Å². The fourth-order valence-electron chi connectivity index (χ4n) is 11.0. The highest BCUT2D eigenvalue weighted by molar-refractivity contribution is 6.28. The number of benzene rings is 11. The lowest BCUT2D eigenvalue weighted by Gasteiger charge is -2.32. The first-order valence-electron chi connectivity index (χ1n) is 20.9. The Morgan fingerprint density at radius 3 is 1.43 bits per heavy atom. The van der Waals surface area contributed by atoms with Gasteiger partial charge in [-0.05, 0) is 130 Å². The summed E-state index contributed by atoms with van der Waals surface area (Å²) in [5.74, 6) is 0. The van der Waals surface area contributed by atoms with Gasteiger partial charge in [0.05, 0.1) is 11.1 Å². The summed E-state index contributed by atoms with van der Waals surface area (Å²) < 4.78 is 0. The lowest BCUT2D eigenvalue weighted by atomic mass is 9.70. The number of nitrogens with zero attached hydrogens (tertiary/aromatic N) is 1. The molecule has 0 atom stereocenters. The van der Waals surface area contributed by atoms with Crippen molar-refractivity contribution in [1.82, 2.24) is 0 Å². The van der Waals surface area contributed by atoms with E-state index in [1.54, 1.807) is 0 Å². The van der Waals surface area contributed by atoms with Crippen molar-refractivity contribution in [3.05, 3.63) is 247 Å². The van der Waals surface area contributed by atoms with E-state index in [1.165, 1.54) is 98.7 Å². The quantitative estimate of drug-likeness (QED) is 0.162. The van der Waals surface area contributed by atoms with Crippen molar-refractivity contribution in [3.63, 3.8) is 0 Å². The lowest BCUT2D eigenvalue weighted by molar-refractivity contribution is 0.793. The Morgan fingerprint density at radius 1 is 0.283 bits per heavy atom. The highest BCUT2D eigenvalue weighted by Crippen LogP contribution is 2.63. The summed E-state index contributed by atoms with van der Waals surface area (Å²) >= 11 is 0. The van der Waals surface area contributed by atoms with Crippen LogP contribution in [0.1, 0.15) is 22.3 Å². The van der Waals surface area contributed by atoms with Gasteiger partial charge in [-0.1, -0.05) is 188 Å². The highest BCUT2D eigenvalue weighted by atomic mass is 15.1. The number of rotatable bonds is 4. The molecule has 11 aromatic rings. The van der Waals surface area contributed by atoms with Gasteiger partial charge in [0, 0.05) is 16.8 Å². The van der Waals surface area contributed by atoms with Gasteiger partial charge in [0.2, 0.25) is 0 Å². The van der Waals surface area contributed by atoms with Crippen LogP contribution < -0.4 is 4.90 Å². The molecular formula is C59H37N. The van der Waals surface area contributed by atoms with Crippen LogP contribution in [-0.4, -0.2) is 0 Å². The molecule has 0 amide bonds. The van der Waals surface area contributed by atoms with E-state index in [4.69, 9.17) is 0 Å². The minimum atomic E-state index is -0.449. The van der Waals surface area contributed by atoms with Gasteiger partial charge in [-0.3, -0.25) is 0 Å². The average molecular weight is 760 g/mol. The lowest BCUT2D eigenvalue weighted by Crippen LogP contribution is -2.26. The van der Waals surface area contributed by atoms with E-state index >= 15 is 0 Å². The van der Waals surface area contributed by atoms with Gasteiger partial charge in [-0.15, -0.1) is 0 Å². The molecule has 0 aromatic heterocycles. The van der Waals surface area contributed by atoms with E-state index in [2.05, 4.69) is 229 Å². The van der Waals surface area contributed by atoms with Crippen LogP contribution in [0, 0.1) is 0 Å². The highest BCUT2D eigenvalue weighted by Gasteiger charge is 2.51. The van der Waals surface area contributed by atoms with Crippen LogP contribution in [0.3, 0.4) is 0 Å². The molecule has 0 radical (unpaired) electrons. The molecule has 2 aliphatic carbocycles. The third kappa shape index (κ3) is 4.52. The van der Waals surface area contributed by atoms with Crippen LogP contribution in [0.5, 0.6) is 0 Å². The van der Waals surface area contributed by atoms with Crippen LogP contribution in [0.25, 0.3) is 76.5 Å². The smallest absolute Gasteiger partial charge is 0.0726 e. The monoisotopic (exact) mass is 759 g/mol. The van der Waals surface area contributed by atoms with Gasteiger partial charge in [-0.2, -0.15) is 0 Å². The molecule has 0 saturated heterocycles.